The molecule has 0 fully saturated rings. The molecule has 1 aromatic carbocycles. The van der Waals surface area contributed by atoms with Crippen molar-refractivity contribution in [3.8, 4) is 11.5 Å². The highest BCUT2D eigenvalue weighted by molar-refractivity contribution is 5.61. The number of benzene rings is 1. The number of hydrogen-bond acceptors (Lipinski definition) is 4. The predicted octanol–water partition coefficient (Wildman–Crippen LogP) is 2.27. The number of likely N-dealkylation sites (N-methyl/N-ethyl adjacent to an activating group) is 1. The van der Waals surface area contributed by atoms with Crippen LogP contribution in [0.2, 0.25) is 0 Å². The first-order chi connectivity index (χ1) is 11.1. The van der Waals surface area contributed by atoms with Crippen LogP contribution >= 0.6 is 0 Å². The summed E-state index contributed by atoms with van der Waals surface area (Å²) in [4.78, 5) is 0. The van der Waals surface area contributed by atoms with Crippen LogP contribution in [-0.4, -0.2) is 35.5 Å². The number of aliphatic hydroxyl groups is 1. The van der Waals surface area contributed by atoms with Crippen LogP contribution in [0, 0.1) is 5.92 Å². The number of nitrogens with one attached hydrogen (secondary N) is 1. The van der Waals surface area contributed by atoms with Crippen LogP contribution in [0.3, 0.4) is 0 Å². The molecular formula is C19H25NO3. The maximum absolute atomic E-state index is 10.6. The molecule has 23 heavy (non-hydrogen) atoms. The zero-order valence-corrected chi connectivity index (χ0v) is 13.7. The third-order valence-electron chi connectivity index (χ3n) is 6.05. The van der Waals surface area contributed by atoms with E-state index in [2.05, 4.69) is 18.3 Å². The Morgan fingerprint density at radius 3 is 2.91 bits per heavy atom. The van der Waals surface area contributed by atoms with E-state index in [-0.39, 0.29) is 23.2 Å². The summed E-state index contributed by atoms with van der Waals surface area (Å²) in [5, 5.41) is 24.4. The fourth-order valence-electron chi connectivity index (χ4n) is 5.07. The second kappa shape index (κ2) is 5.25. The number of aromatic hydroxyl groups is 1. The minimum absolute atomic E-state index is 0.197. The summed E-state index contributed by atoms with van der Waals surface area (Å²) < 4.78 is 6.16. The van der Waals surface area contributed by atoms with Crippen LogP contribution in [0.1, 0.15) is 37.3 Å². The van der Waals surface area contributed by atoms with Crippen LogP contribution in [0.15, 0.2) is 24.3 Å². The van der Waals surface area contributed by atoms with E-state index in [0.717, 1.165) is 31.2 Å². The molecule has 5 atom stereocenters. The fourth-order valence-corrected chi connectivity index (χ4v) is 5.07. The minimum atomic E-state index is -0.627. The lowest BCUT2D eigenvalue weighted by Crippen LogP contribution is -2.59. The summed E-state index contributed by atoms with van der Waals surface area (Å²) in [5.41, 5.74) is 2.16. The van der Waals surface area contributed by atoms with Crippen molar-refractivity contribution in [1.29, 1.82) is 0 Å². The number of rotatable bonds is 4. The molecule has 3 N–H and O–H groups in total. The number of phenolic OH excluding ortho intramolecular Hbond substituents is 1. The van der Waals surface area contributed by atoms with E-state index in [9.17, 15) is 10.2 Å². The number of phenols is 1. The molecule has 1 aliphatic heterocycles. The van der Waals surface area contributed by atoms with Gasteiger partial charge in [0.05, 0.1) is 0 Å². The quantitative estimate of drug-likeness (QED) is 0.746. The highest BCUT2D eigenvalue weighted by atomic mass is 16.5. The predicted molar refractivity (Wildman–Crippen MR) is 88.9 cm³/mol. The van der Waals surface area contributed by atoms with Crippen molar-refractivity contribution in [3.63, 3.8) is 0 Å². The van der Waals surface area contributed by atoms with Gasteiger partial charge in [-0.3, -0.25) is 0 Å². The van der Waals surface area contributed by atoms with Gasteiger partial charge in [-0.2, -0.15) is 0 Å². The SMILES string of the molecule is CCCC[C@]12c3c4ccc(O)c3OC1C(O)C=CC2C(NC)C4. The fraction of sp³-hybridized carbons (Fsp3) is 0.579. The molecule has 0 saturated carbocycles. The molecule has 4 unspecified atom stereocenters. The second-order valence-corrected chi connectivity index (χ2v) is 7.13. The molecule has 0 saturated heterocycles. The van der Waals surface area contributed by atoms with Gasteiger partial charge < -0.3 is 20.3 Å². The van der Waals surface area contributed by atoms with Crippen LogP contribution in [0.5, 0.6) is 11.5 Å². The maximum atomic E-state index is 10.6. The summed E-state index contributed by atoms with van der Waals surface area (Å²) in [6.45, 7) is 2.19. The lowest BCUT2D eigenvalue weighted by molar-refractivity contribution is -0.00745. The Morgan fingerprint density at radius 1 is 1.35 bits per heavy atom. The largest absolute Gasteiger partial charge is 0.504 e. The van der Waals surface area contributed by atoms with Crippen molar-refractivity contribution < 1.29 is 14.9 Å². The average Bonchev–Trinajstić information content (AvgIpc) is 2.92. The summed E-state index contributed by atoms with van der Waals surface area (Å²) in [6.07, 6.45) is 7.20. The maximum Gasteiger partial charge on any atom is 0.165 e. The Morgan fingerprint density at radius 2 is 2.17 bits per heavy atom. The molecule has 124 valence electrons. The number of aliphatic hydroxyl groups excluding tert-OH is 1. The molecule has 0 aromatic heterocycles. The van der Waals surface area contributed by atoms with Gasteiger partial charge in [0.15, 0.2) is 11.5 Å². The zero-order chi connectivity index (χ0) is 16.2. The average molecular weight is 315 g/mol. The first-order valence-corrected chi connectivity index (χ1v) is 8.69. The molecule has 0 amide bonds. The topological polar surface area (TPSA) is 61.7 Å². The smallest absolute Gasteiger partial charge is 0.165 e. The number of ether oxygens (including phenoxy) is 1. The van der Waals surface area contributed by atoms with E-state index in [4.69, 9.17) is 4.74 Å². The van der Waals surface area contributed by atoms with Crippen molar-refractivity contribution in [2.45, 2.75) is 56.3 Å². The number of unbranched alkanes of at least 4 members (excludes halogenated alkanes) is 1. The standard InChI is InChI=1S/C19H25NO3/c1-3-4-9-19-12-6-8-15(22)18(19)23-17-14(21)7-5-11(16(17)19)10-13(12)20-2/h5-8,12-13,15,18,20-22H,3-4,9-10H2,1-2H3/t12?,13?,15?,18?,19-/m0/s1. The Kier molecular flexibility index (Phi) is 3.43. The Bertz CT molecular complexity index is 656. The van der Waals surface area contributed by atoms with Gasteiger partial charge in [-0.05, 0) is 31.5 Å². The van der Waals surface area contributed by atoms with Gasteiger partial charge in [-0.25, -0.2) is 0 Å². The van der Waals surface area contributed by atoms with E-state index >= 15 is 0 Å². The van der Waals surface area contributed by atoms with Crippen LogP contribution in [0.4, 0.5) is 0 Å². The first-order valence-electron chi connectivity index (χ1n) is 8.69. The van der Waals surface area contributed by atoms with Crippen LogP contribution < -0.4 is 10.1 Å². The Hall–Kier alpha value is -1.52. The molecule has 0 radical (unpaired) electrons. The van der Waals surface area contributed by atoms with Crippen molar-refractivity contribution in [3.05, 3.63) is 35.4 Å². The van der Waals surface area contributed by atoms with Crippen molar-refractivity contribution >= 4 is 0 Å². The summed E-state index contributed by atoms with van der Waals surface area (Å²) >= 11 is 0. The molecule has 1 aromatic rings. The van der Waals surface area contributed by atoms with Gasteiger partial charge >= 0.3 is 0 Å². The van der Waals surface area contributed by atoms with Gasteiger partial charge in [0, 0.05) is 22.9 Å². The molecule has 3 aliphatic rings. The normalized spacial score (nSPS) is 36.7. The summed E-state index contributed by atoms with van der Waals surface area (Å²) in [5.74, 6) is 1.08. The third kappa shape index (κ3) is 1.85. The monoisotopic (exact) mass is 315 g/mol. The van der Waals surface area contributed by atoms with E-state index in [1.807, 2.05) is 19.2 Å². The lowest BCUT2D eigenvalue weighted by Gasteiger charge is -2.50. The molecule has 0 bridgehead atoms. The molecule has 1 heterocycles. The van der Waals surface area contributed by atoms with E-state index in [1.54, 1.807) is 6.07 Å². The highest BCUT2D eigenvalue weighted by Gasteiger charge is 2.61. The summed E-state index contributed by atoms with van der Waals surface area (Å²) in [7, 11) is 2.01. The first kappa shape index (κ1) is 15.0. The van der Waals surface area contributed by atoms with Crippen molar-refractivity contribution in [2.24, 2.45) is 5.92 Å². The van der Waals surface area contributed by atoms with Crippen molar-refractivity contribution in [2.75, 3.05) is 7.05 Å². The van der Waals surface area contributed by atoms with Crippen molar-refractivity contribution in [1.82, 2.24) is 5.32 Å². The van der Waals surface area contributed by atoms with Gasteiger partial charge in [0.25, 0.3) is 0 Å². The van der Waals surface area contributed by atoms with Gasteiger partial charge in [-0.15, -0.1) is 0 Å². The van der Waals surface area contributed by atoms with Gasteiger partial charge in [0.2, 0.25) is 0 Å². The van der Waals surface area contributed by atoms with Gasteiger partial charge in [0.1, 0.15) is 12.2 Å². The van der Waals surface area contributed by atoms with E-state index in [0.29, 0.717) is 11.8 Å². The molecule has 4 rings (SSSR count). The number of hydrogen-bond donors (Lipinski definition) is 3. The third-order valence-corrected chi connectivity index (χ3v) is 6.05. The minimum Gasteiger partial charge on any atom is -0.504 e. The van der Waals surface area contributed by atoms with Crippen LogP contribution in [-0.2, 0) is 11.8 Å². The highest BCUT2D eigenvalue weighted by Crippen LogP contribution is 2.60. The zero-order valence-electron chi connectivity index (χ0n) is 13.7. The van der Waals surface area contributed by atoms with E-state index < -0.39 is 6.10 Å². The Labute approximate surface area is 137 Å². The molecule has 0 spiro atoms. The van der Waals surface area contributed by atoms with E-state index in [1.165, 1.54) is 5.56 Å². The molecule has 2 aliphatic carbocycles. The summed E-state index contributed by atoms with van der Waals surface area (Å²) in [6, 6.07) is 4.08. The second-order valence-electron chi connectivity index (χ2n) is 7.13. The molecule has 4 heteroatoms. The van der Waals surface area contributed by atoms with Crippen LogP contribution in [0.25, 0.3) is 0 Å². The van der Waals surface area contributed by atoms with Gasteiger partial charge in [-0.1, -0.05) is 38.0 Å². The Balaban J connectivity index is 1.97. The molecule has 4 nitrogen and oxygen atoms in total. The molecular weight excluding hydrogens is 290 g/mol. The lowest BCUT2D eigenvalue weighted by atomic mass is 9.55.